The molecule has 6 heteroatoms. The Morgan fingerprint density at radius 3 is 2.55 bits per heavy atom. The number of esters is 1. The van der Waals surface area contributed by atoms with E-state index in [0.717, 1.165) is 17.5 Å². The van der Waals surface area contributed by atoms with Crippen molar-refractivity contribution in [3.63, 3.8) is 0 Å². The fourth-order valence-corrected chi connectivity index (χ4v) is 3.98. The second-order valence-electron chi connectivity index (χ2n) is 7.47. The Balaban J connectivity index is 1.39. The van der Waals surface area contributed by atoms with Crippen LogP contribution < -0.4 is 23.7 Å². The maximum absolute atomic E-state index is 12.3. The van der Waals surface area contributed by atoms with Crippen LogP contribution in [0.25, 0.3) is 0 Å². The van der Waals surface area contributed by atoms with Gasteiger partial charge in [-0.2, -0.15) is 0 Å². The predicted molar refractivity (Wildman–Crippen MR) is 113 cm³/mol. The Morgan fingerprint density at radius 1 is 0.935 bits per heavy atom. The van der Waals surface area contributed by atoms with E-state index in [2.05, 4.69) is 12.1 Å². The number of benzene rings is 3. The van der Waals surface area contributed by atoms with Crippen LogP contribution in [-0.4, -0.2) is 26.5 Å². The summed E-state index contributed by atoms with van der Waals surface area (Å²) in [6.07, 6.45) is 1.05. The van der Waals surface area contributed by atoms with E-state index in [9.17, 15) is 4.79 Å². The summed E-state index contributed by atoms with van der Waals surface area (Å²) >= 11 is 0. The topological polar surface area (TPSA) is 63.2 Å². The number of methoxy groups -OCH3 is 1. The minimum absolute atomic E-state index is 0.166. The molecular weight excluding hydrogens is 396 g/mol. The third kappa shape index (κ3) is 3.89. The van der Waals surface area contributed by atoms with Gasteiger partial charge in [-0.3, -0.25) is 4.79 Å². The quantitative estimate of drug-likeness (QED) is 0.434. The lowest BCUT2D eigenvalue weighted by Gasteiger charge is -2.25. The molecule has 1 atom stereocenters. The maximum Gasteiger partial charge on any atom is 0.312 e. The molecule has 3 aromatic carbocycles. The normalized spacial score (nSPS) is 16.4. The van der Waals surface area contributed by atoms with Crippen molar-refractivity contribution in [1.82, 2.24) is 0 Å². The molecule has 2 aliphatic rings. The molecule has 0 amide bonds. The SMILES string of the molecule is COc1cc([C@@H]2CC(=O)Oc3cc4c(cc32)OCO4)ccc1OCCc1ccccc1. The van der Waals surface area contributed by atoms with E-state index in [1.807, 2.05) is 42.5 Å². The smallest absolute Gasteiger partial charge is 0.312 e. The van der Waals surface area contributed by atoms with Crippen molar-refractivity contribution in [2.75, 3.05) is 20.5 Å². The lowest BCUT2D eigenvalue weighted by atomic mass is 9.86. The first-order valence-electron chi connectivity index (χ1n) is 10.2. The largest absolute Gasteiger partial charge is 0.493 e. The molecule has 31 heavy (non-hydrogen) atoms. The molecule has 0 unspecified atom stereocenters. The van der Waals surface area contributed by atoms with Crippen LogP contribution in [0, 0.1) is 0 Å². The van der Waals surface area contributed by atoms with Gasteiger partial charge in [0.15, 0.2) is 23.0 Å². The zero-order valence-electron chi connectivity index (χ0n) is 17.1. The molecule has 0 fully saturated rings. The number of hydrogen-bond acceptors (Lipinski definition) is 6. The minimum atomic E-state index is -0.279. The second-order valence-corrected chi connectivity index (χ2v) is 7.47. The molecule has 6 nitrogen and oxygen atoms in total. The molecule has 0 radical (unpaired) electrons. The lowest BCUT2D eigenvalue weighted by molar-refractivity contribution is -0.135. The molecule has 2 aliphatic heterocycles. The van der Waals surface area contributed by atoms with Crippen LogP contribution >= 0.6 is 0 Å². The molecule has 0 saturated heterocycles. The lowest BCUT2D eigenvalue weighted by Crippen LogP contribution is -2.21. The summed E-state index contributed by atoms with van der Waals surface area (Å²) in [5.74, 6) is 2.61. The van der Waals surface area contributed by atoms with Crippen LogP contribution in [0.2, 0.25) is 0 Å². The molecule has 0 aliphatic carbocycles. The van der Waals surface area contributed by atoms with Crippen LogP contribution in [0.1, 0.15) is 29.0 Å². The van der Waals surface area contributed by atoms with Crippen molar-refractivity contribution in [2.24, 2.45) is 0 Å². The molecule has 158 valence electrons. The molecule has 5 rings (SSSR count). The van der Waals surface area contributed by atoms with E-state index in [1.165, 1.54) is 5.56 Å². The van der Waals surface area contributed by atoms with Crippen molar-refractivity contribution in [3.8, 4) is 28.7 Å². The number of fused-ring (bicyclic) bond motifs is 2. The zero-order chi connectivity index (χ0) is 21.2. The summed E-state index contributed by atoms with van der Waals surface area (Å²) in [7, 11) is 1.62. The molecule has 2 heterocycles. The van der Waals surface area contributed by atoms with Crippen LogP contribution in [-0.2, 0) is 11.2 Å². The van der Waals surface area contributed by atoms with E-state index < -0.39 is 0 Å². The fraction of sp³-hybridized carbons (Fsp3) is 0.240. The van der Waals surface area contributed by atoms with Gasteiger partial charge in [0.25, 0.3) is 0 Å². The Bertz CT molecular complexity index is 1110. The molecule has 0 N–H and O–H groups in total. The van der Waals surface area contributed by atoms with E-state index in [1.54, 1.807) is 13.2 Å². The highest BCUT2D eigenvalue weighted by molar-refractivity contribution is 5.78. The first-order valence-corrected chi connectivity index (χ1v) is 10.2. The zero-order valence-corrected chi connectivity index (χ0v) is 17.1. The third-order valence-electron chi connectivity index (χ3n) is 5.56. The summed E-state index contributed by atoms with van der Waals surface area (Å²) in [6.45, 7) is 0.710. The fourth-order valence-electron chi connectivity index (χ4n) is 3.98. The van der Waals surface area contributed by atoms with Gasteiger partial charge in [0.05, 0.1) is 20.1 Å². The van der Waals surface area contributed by atoms with Gasteiger partial charge in [0.2, 0.25) is 6.79 Å². The Hall–Kier alpha value is -3.67. The highest BCUT2D eigenvalue weighted by Crippen LogP contribution is 2.47. The average molecular weight is 418 g/mol. The van der Waals surface area contributed by atoms with Crippen molar-refractivity contribution >= 4 is 5.97 Å². The van der Waals surface area contributed by atoms with Crippen molar-refractivity contribution in [2.45, 2.75) is 18.8 Å². The van der Waals surface area contributed by atoms with Gasteiger partial charge in [-0.15, -0.1) is 0 Å². The highest BCUT2D eigenvalue weighted by atomic mass is 16.7. The number of carbonyl (C=O) groups excluding carboxylic acids is 1. The summed E-state index contributed by atoms with van der Waals surface area (Å²) in [5.41, 5.74) is 3.06. The minimum Gasteiger partial charge on any atom is -0.493 e. The molecule has 0 bridgehead atoms. The van der Waals surface area contributed by atoms with Crippen LogP contribution in [0.4, 0.5) is 0 Å². The average Bonchev–Trinajstić information content (AvgIpc) is 3.25. The molecule has 0 saturated carbocycles. The van der Waals surface area contributed by atoms with Crippen molar-refractivity contribution in [1.29, 1.82) is 0 Å². The molecule has 3 aromatic rings. The van der Waals surface area contributed by atoms with E-state index in [0.29, 0.717) is 35.4 Å². The molecule has 0 aromatic heterocycles. The van der Waals surface area contributed by atoms with Crippen molar-refractivity contribution in [3.05, 3.63) is 77.4 Å². The van der Waals surface area contributed by atoms with Crippen LogP contribution in [0.15, 0.2) is 60.7 Å². The maximum atomic E-state index is 12.3. The Kier molecular flexibility index (Phi) is 5.12. The Labute approximate surface area is 180 Å². The standard InChI is InChI=1S/C25H22O6/c1-27-22-11-17(7-8-20(22)28-10-9-16-5-3-2-4-6-16)18-13-25(26)31-21-14-24-23(12-19(18)21)29-15-30-24/h2-8,11-12,14,18H,9-10,13,15H2,1H3/t18-/m0/s1. The van der Waals surface area contributed by atoms with Gasteiger partial charge < -0.3 is 23.7 Å². The summed E-state index contributed by atoms with van der Waals surface area (Å²) in [5, 5.41) is 0. The monoisotopic (exact) mass is 418 g/mol. The predicted octanol–water partition coefficient (Wildman–Crippen LogP) is 4.49. The molecular formula is C25H22O6. The summed E-state index contributed by atoms with van der Waals surface area (Å²) < 4.78 is 27.9. The van der Waals surface area contributed by atoms with E-state index in [4.69, 9.17) is 23.7 Å². The Morgan fingerprint density at radius 2 is 1.74 bits per heavy atom. The number of hydrogen-bond donors (Lipinski definition) is 0. The molecule has 0 spiro atoms. The van der Waals surface area contributed by atoms with Gasteiger partial charge in [-0.1, -0.05) is 36.4 Å². The second kappa shape index (κ2) is 8.22. The van der Waals surface area contributed by atoms with Crippen molar-refractivity contribution < 1.29 is 28.5 Å². The third-order valence-corrected chi connectivity index (χ3v) is 5.56. The first kappa shape index (κ1) is 19.3. The van der Waals surface area contributed by atoms with Crippen LogP contribution in [0.3, 0.4) is 0 Å². The van der Waals surface area contributed by atoms with Gasteiger partial charge in [0, 0.05) is 24.0 Å². The van der Waals surface area contributed by atoms with Gasteiger partial charge in [0.1, 0.15) is 5.75 Å². The van der Waals surface area contributed by atoms with Gasteiger partial charge in [-0.05, 0) is 29.3 Å². The number of rotatable bonds is 6. The van der Waals surface area contributed by atoms with Gasteiger partial charge >= 0.3 is 5.97 Å². The highest BCUT2D eigenvalue weighted by Gasteiger charge is 2.32. The van der Waals surface area contributed by atoms with E-state index in [-0.39, 0.29) is 25.1 Å². The van der Waals surface area contributed by atoms with E-state index >= 15 is 0 Å². The summed E-state index contributed by atoms with van der Waals surface area (Å²) in [4.78, 5) is 12.3. The number of ether oxygens (including phenoxy) is 5. The summed E-state index contributed by atoms with van der Waals surface area (Å²) in [6, 6.07) is 19.6. The van der Waals surface area contributed by atoms with Crippen LogP contribution in [0.5, 0.6) is 28.7 Å². The number of carbonyl (C=O) groups is 1. The first-order chi connectivity index (χ1) is 15.2. The van der Waals surface area contributed by atoms with Gasteiger partial charge in [-0.25, -0.2) is 0 Å².